The normalized spacial score (nSPS) is 15.8. The number of benzene rings is 2. The van der Waals surface area contributed by atoms with Crippen LogP contribution < -0.4 is 0 Å². The molecule has 2 aromatic carbocycles. The molecule has 0 amide bonds. The highest BCUT2D eigenvalue weighted by Crippen LogP contribution is 2.31. The van der Waals surface area contributed by atoms with Crippen LogP contribution in [0.1, 0.15) is 41.2 Å². The van der Waals surface area contributed by atoms with Crippen LogP contribution in [0.25, 0.3) is 0 Å². The van der Waals surface area contributed by atoms with Gasteiger partial charge in [-0.1, -0.05) is 30.3 Å². The van der Waals surface area contributed by atoms with Crippen LogP contribution in [0.15, 0.2) is 40.9 Å². The van der Waals surface area contributed by atoms with Crippen LogP contribution in [-0.2, 0) is 12.8 Å². The minimum absolute atomic E-state index is 0.315. The molecule has 2 aromatic rings. The van der Waals surface area contributed by atoms with Crippen molar-refractivity contribution < 1.29 is 9.50 Å². The van der Waals surface area contributed by atoms with Gasteiger partial charge in [-0.05, 0) is 64.4 Å². The molecule has 0 aromatic heterocycles. The summed E-state index contributed by atoms with van der Waals surface area (Å²) in [7, 11) is 0. The van der Waals surface area contributed by atoms with Crippen molar-refractivity contribution in [3.8, 4) is 0 Å². The average molecular weight is 335 g/mol. The largest absolute Gasteiger partial charge is 0.384 e. The third-order valence-electron chi connectivity index (χ3n) is 3.96. The lowest BCUT2D eigenvalue weighted by atomic mass is 9.88. The second-order valence-electron chi connectivity index (χ2n) is 5.28. The first-order valence-electron chi connectivity index (χ1n) is 6.90. The number of hydrogen-bond donors (Lipinski definition) is 1. The number of halogens is 2. The Morgan fingerprint density at radius 1 is 1.05 bits per heavy atom. The zero-order valence-corrected chi connectivity index (χ0v) is 12.7. The lowest BCUT2D eigenvalue weighted by molar-refractivity contribution is 0.214. The minimum atomic E-state index is -0.917. The summed E-state index contributed by atoms with van der Waals surface area (Å²) in [5.41, 5.74) is 3.74. The smallest absolute Gasteiger partial charge is 0.143 e. The molecule has 0 fully saturated rings. The van der Waals surface area contributed by atoms with E-state index >= 15 is 0 Å². The summed E-state index contributed by atoms with van der Waals surface area (Å²) in [6, 6.07) is 11.0. The monoisotopic (exact) mass is 334 g/mol. The number of aryl methyl sites for hydroxylation is 2. The number of fused-ring (bicyclic) bond motifs is 1. The van der Waals surface area contributed by atoms with Crippen molar-refractivity contribution in [1.82, 2.24) is 0 Å². The molecule has 3 heteroatoms. The van der Waals surface area contributed by atoms with Crippen LogP contribution in [0, 0.1) is 5.82 Å². The molecule has 0 bridgehead atoms. The molecule has 1 N–H and O–H groups in total. The van der Waals surface area contributed by atoms with Crippen LogP contribution in [0.3, 0.4) is 0 Å². The lowest BCUT2D eigenvalue weighted by Gasteiger charge is -2.19. The summed E-state index contributed by atoms with van der Waals surface area (Å²) < 4.78 is 14.5. The molecule has 0 spiro atoms. The van der Waals surface area contributed by atoms with E-state index in [1.165, 1.54) is 24.0 Å². The average Bonchev–Trinajstić information content (AvgIpc) is 2.49. The lowest BCUT2D eigenvalue weighted by Crippen LogP contribution is -2.07. The van der Waals surface area contributed by atoms with Gasteiger partial charge in [0.05, 0.1) is 4.47 Å². The van der Waals surface area contributed by atoms with Gasteiger partial charge in [0.15, 0.2) is 0 Å². The number of aliphatic hydroxyl groups excluding tert-OH is 1. The molecule has 1 unspecified atom stereocenters. The molecule has 1 aliphatic carbocycles. The SMILES string of the molecule is OC(c1ccc2c(c1)CCCC2)c1cccc(Br)c1F. The van der Waals surface area contributed by atoms with E-state index in [0.717, 1.165) is 18.4 Å². The summed E-state index contributed by atoms with van der Waals surface area (Å²) in [4.78, 5) is 0. The van der Waals surface area contributed by atoms with Crippen LogP contribution >= 0.6 is 15.9 Å². The molecule has 0 aliphatic heterocycles. The van der Waals surface area contributed by atoms with Gasteiger partial charge in [0.1, 0.15) is 11.9 Å². The fourth-order valence-corrected chi connectivity index (χ4v) is 3.22. The zero-order valence-electron chi connectivity index (χ0n) is 11.1. The maximum atomic E-state index is 14.1. The highest BCUT2D eigenvalue weighted by Gasteiger charge is 2.18. The first kappa shape index (κ1) is 13.8. The van der Waals surface area contributed by atoms with E-state index in [2.05, 4.69) is 22.0 Å². The van der Waals surface area contributed by atoms with E-state index in [0.29, 0.717) is 10.0 Å². The Bertz CT molecular complexity index is 639. The second kappa shape index (κ2) is 5.66. The van der Waals surface area contributed by atoms with E-state index in [4.69, 9.17) is 0 Å². The van der Waals surface area contributed by atoms with Gasteiger partial charge in [0.25, 0.3) is 0 Å². The van der Waals surface area contributed by atoms with Crippen LogP contribution in [0.2, 0.25) is 0 Å². The second-order valence-corrected chi connectivity index (χ2v) is 6.14. The first-order valence-corrected chi connectivity index (χ1v) is 7.70. The number of aliphatic hydroxyl groups is 1. The third-order valence-corrected chi connectivity index (χ3v) is 4.58. The number of hydrogen-bond acceptors (Lipinski definition) is 1. The Kier molecular flexibility index (Phi) is 3.90. The standard InChI is InChI=1S/C17H16BrFO/c18-15-7-3-6-14(16(15)19)17(20)13-9-8-11-4-1-2-5-12(11)10-13/h3,6-10,17,20H,1-2,4-5H2. The molecule has 0 saturated carbocycles. The fraction of sp³-hybridized carbons (Fsp3) is 0.294. The zero-order chi connectivity index (χ0) is 14.1. The van der Waals surface area contributed by atoms with E-state index < -0.39 is 11.9 Å². The Labute approximate surface area is 126 Å². The molecule has 1 atom stereocenters. The molecule has 3 rings (SSSR count). The van der Waals surface area contributed by atoms with Crippen molar-refractivity contribution in [2.75, 3.05) is 0 Å². The highest BCUT2D eigenvalue weighted by molar-refractivity contribution is 9.10. The highest BCUT2D eigenvalue weighted by atomic mass is 79.9. The first-order chi connectivity index (χ1) is 9.66. The topological polar surface area (TPSA) is 20.2 Å². The van der Waals surface area contributed by atoms with Gasteiger partial charge in [-0.15, -0.1) is 0 Å². The maximum absolute atomic E-state index is 14.1. The summed E-state index contributed by atoms with van der Waals surface area (Å²) in [6.07, 6.45) is 3.67. The molecule has 0 radical (unpaired) electrons. The Morgan fingerprint density at radius 3 is 2.60 bits per heavy atom. The van der Waals surface area contributed by atoms with Gasteiger partial charge in [-0.25, -0.2) is 4.39 Å². The van der Waals surface area contributed by atoms with Crippen molar-refractivity contribution >= 4 is 15.9 Å². The summed E-state index contributed by atoms with van der Waals surface area (Å²) in [5.74, 6) is -0.391. The van der Waals surface area contributed by atoms with Crippen LogP contribution in [0.4, 0.5) is 4.39 Å². The molecule has 104 valence electrons. The van der Waals surface area contributed by atoms with Gasteiger partial charge in [0.2, 0.25) is 0 Å². The summed E-state index contributed by atoms with van der Waals surface area (Å²) in [6.45, 7) is 0. The Balaban J connectivity index is 1.98. The predicted molar refractivity (Wildman–Crippen MR) is 81.2 cm³/mol. The Hall–Kier alpha value is -1.19. The fourth-order valence-electron chi connectivity index (χ4n) is 2.83. The van der Waals surface area contributed by atoms with Gasteiger partial charge in [0, 0.05) is 5.56 Å². The third kappa shape index (κ3) is 2.52. The predicted octanol–water partition coefficient (Wildman–Crippen LogP) is 4.55. The summed E-state index contributed by atoms with van der Waals surface area (Å²) >= 11 is 3.16. The van der Waals surface area contributed by atoms with Gasteiger partial charge in [-0.3, -0.25) is 0 Å². The van der Waals surface area contributed by atoms with E-state index in [1.54, 1.807) is 18.2 Å². The quantitative estimate of drug-likeness (QED) is 0.854. The minimum Gasteiger partial charge on any atom is -0.384 e. The van der Waals surface area contributed by atoms with Crippen molar-refractivity contribution in [3.05, 3.63) is 68.9 Å². The molecule has 20 heavy (non-hydrogen) atoms. The van der Waals surface area contributed by atoms with E-state index in [-0.39, 0.29) is 0 Å². The van der Waals surface area contributed by atoms with Crippen LogP contribution in [0.5, 0.6) is 0 Å². The number of rotatable bonds is 2. The van der Waals surface area contributed by atoms with E-state index in [1.807, 2.05) is 12.1 Å². The van der Waals surface area contributed by atoms with Crippen molar-refractivity contribution in [1.29, 1.82) is 0 Å². The Morgan fingerprint density at radius 2 is 1.80 bits per heavy atom. The summed E-state index contributed by atoms with van der Waals surface area (Å²) in [5, 5.41) is 10.4. The molecule has 1 nitrogen and oxygen atoms in total. The molecule has 0 saturated heterocycles. The molecule has 1 aliphatic rings. The van der Waals surface area contributed by atoms with E-state index in [9.17, 15) is 9.50 Å². The maximum Gasteiger partial charge on any atom is 0.143 e. The molecular formula is C17H16BrFO. The van der Waals surface area contributed by atoms with Crippen molar-refractivity contribution in [3.63, 3.8) is 0 Å². The van der Waals surface area contributed by atoms with Gasteiger partial charge < -0.3 is 5.11 Å². The van der Waals surface area contributed by atoms with Crippen molar-refractivity contribution in [2.24, 2.45) is 0 Å². The van der Waals surface area contributed by atoms with Crippen molar-refractivity contribution in [2.45, 2.75) is 31.8 Å². The molecular weight excluding hydrogens is 319 g/mol. The van der Waals surface area contributed by atoms with Crippen LogP contribution in [-0.4, -0.2) is 5.11 Å². The van der Waals surface area contributed by atoms with Gasteiger partial charge in [-0.2, -0.15) is 0 Å². The van der Waals surface area contributed by atoms with Gasteiger partial charge >= 0.3 is 0 Å². The molecule has 0 heterocycles.